The van der Waals surface area contributed by atoms with E-state index in [0.717, 1.165) is 50.1 Å². The van der Waals surface area contributed by atoms with Gasteiger partial charge in [-0.05, 0) is 60.9 Å². The molecule has 0 radical (unpaired) electrons. The largest absolute Gasteiger partial charge is 0.454 e. The quantitative estimate of drug-likeness (QED) is 0.895. The number of aliphatic hydroxyl groups excluding tert-OH is 1. The van der Waals surface area contributed by atoms with Gasteiger partial charge in [0.2, 0.25) is 6.79 Å². The van der Waals surface area contributed by atoms with Crippen molar-refractivity contribution in [1.29, 1.82) is 0 Å². The molecule has 1 aliphatic carbocycles. The predicted molar refractivity (Wildman–Crippen MR) is 80.5 cm³/mol. The van der Waals surface area contributed by atoms with Crippen LogP contribution in [-0.2, 0) is 6.42 Å². The lowest BCUT2D eigenvalue weighted by atomic mass is 9.82. The molecular weight excluding hydrogens is 266 g/mol. The zero-order valence-corrected chi connectivity index (χ0v) is 12.2. The molecule has 2 aliphatic heterocycles. The van der Waals surface area contributed by atoms with E-state index in [1.165, 1.54) is 16.7 Å². The summed E-state index contributed by atoms with van der Waals surface area (Å²) in [4.78, 5) is 0. The van der Waals surface area contributed by atoms with E-state index in [1.54, 1.807) is 0 Å². The molecule has 0 saturated heterocycles. The normalized spacial score (nSPS) is 26.0. The highest BCUT2D eigenvalue weighted by atomic mass is 16.7. The molecule has 0 spiro atoms. The molecule has 1 unspecified atom stereocenters. The molecule has 2 N–H and O–H groups in total. The third-order valence-corrected chi connectivity index (χ3v) is 4.94. The van der Waals surface area contributed by atoms with Crippen LogP contribution in [0, 0.1) is 0 Å². The van der Waals surface area contributed by atoms with Gasteiger partial charge in [-0.15, -0.1) is 0 Å². The van der Waals surface area contributed by atoms with Crippen LogP contribution in [0.25, 0.3) is 5.57 Å². The number of fused-ring (bicyclic) bond motifs is 4. The first kappa shape index (κ1) is 13.2. The third-order valence-electron chi connectivity index (χ3n) is 4.94. The van der Waals surface area contributed by atoms with E-state index < -0.39 is 0 Å². The fourth-order valence-electron chi connectivity index (χ4n) is 3.95. The summed E-state index contributed by atoms with van der Waals surface area (Å²) >= 11 is 0. The lowest BCUT2D eigenvalue weighted by Crippen LogP contribution is -2.44. The Labute approximate surface area is 124 Å². The third kappa shape index (κ3) is 2.05. The van der Waals surface area contributed by atoms with Gasteiger partial charge in [0, 0.05) is 18.7 Å². The van der Waals surface area contributed by atoms with Gasteiger partial charge in [-0.25, -0.2) is 0 Å². The summed E-state index contributed by atoms with van der Waals surface area (Å²) in [6, 6.07) is 4.29. The molecule has 4 rings (SSSR count). The number of hydrogen-bond acceptors (Lipinski definition) is 4. The predicted octanol–water partition coefficient (Wildman–Crippen LogP) is 2.25. The van der Waals surface area contributed by atoms with E-state index in [0.29, 0.717) is 6.79 Å². The van der Waals surface area contributed by atoms with Crippen LogP contribution in [0.15, 0.2) is 18.2 Å². The Bertz CT molecular complexity index is 596. The van der Waals surface area contributed by atoms with Crippen molar-refractivity contribution in [3.05, 3.63) is 29.3 Å². The summed E-state index contributed by atoms with van der Waals surface area (Å²) < 4.78 is 11.1. The molecule has 1 aromatic rings. The maximum atomic E-state index is 9.22. The molecule has 0 saturated carbocycles. The van der Waals surface area contributed by atoms with Crippen molar-refractivity contribution in [2.45, 2.75) is 37.6 Å². The van der Waals surface area contributed by atoms with Gasteiger partial charge in [0.1, 0.15) is 0 Å². The van der Waals surface area contributed by atoms with Crippen molar-refractivity contribution in [3.8, 4) is 11.5 Å². The molecule has 2 heterocycles. The smallest absolute Gasteiger partial charge is 0.231 e. The van der Waals surface area contributed by atoms with E-state index >= 15 is 0 Å². The molecule has 3 aliphatic rings. The van der Waals surface area contributed by atoms with Crippen LogP contribution in [-0.4, -0.2) is 30.6 Å². The Morgan fingerprint density at radius 1 is 1.24 bits per heavy atom. The molecule has 0 fully saturated rings. The van der Waals surface area contributed by atoms with E-state index in [2.05, 4.69) is 23.5 Å². The fourth-order valence-corrected chi connectivity index (χ4v) is 3.95. The highest BCUT2D eigenvalue weighted by Gasteiger charge is 2.39. The van der Waals surface area contributed by atoms with Crippen LogP contribution < -0.4 is 14.8 Å². The standard InChI is InChI=1S/C17H21NO3/c19-8-2-6-17-5-1-3-14(17)13-10-16-15(20-11-21-16)9-12(13)4-7-18-17/h3,9-10,18-19H,1-2,4-8,11H2. The van der Waals surface area contributed by atoms with Gasteiger partial charge in [-0.1, -0.05) is 6.08 Å². The first-order chi connectivity index (χ1) is 10.3. The number of allylic oxidation sites excluding steroid dienone is 1. The Hall–Kier alpha value is -1.52. The van der Waals surface area contributed by atoms with E-state index in [-0.39, 0.29) is 12.1 Å². The lowest BCUT2D eigenvalue weighted by Gasteiger charge is -2.33. The number of rotatable bonds is 3. The second-order valence-electron chi connectivity index (χ2n) is 6.11. The van der Waals surface area contributed by atoms with Gasteiger partial charge in [-0.3, -0.25) is 0 Å². The zero-order chi connectivity index (χ0) is 14.3. The van der Waals surface area contributed by atoms with Crippen LogP contribution in [0.3, 0.4) is 0 Å². The molecule has 0 aromatic heterocycles. The Kier molecular flexibility index (Phi) is 3.16. The molecular formula is C17H21NO3. The average molecular weight is 287 g/mol. The molecule has 21 heavy (non-hydrogen) atoms. The number of nitrogens with one attached hydrogen (secondary N) is 1. The minimum absolute atomic E-state index is 0.0294. The fraction of sp³-hybridized carbons (Fsp3) is 0.529. The van der Waals surface area contributed by atoms with Crippen LogP contribution in [0.5, 0.6) is 11.5 Å². The SMILES string of the molecule is OCCCC12CCC=C1c1cc3c(cc1CCN2)OCO3. The van der Waals surface area contributed by atoms with Crippen LogP contribution >= 0.6 is 0 Å². The molecule has 1 aromatic carbocycles. The van der Waals surface area contributed by atoms with Gasteiger partial charge < -0.3 is 19.9 Å². The van der Waals surface area contributed by atoms with Gasteiger partial charge in [0.05, 0.1) is 0 Å². The van der Waals surface area contributed by atoms with Gasteiger partial charge in [0.25, 0.3) is 0 Å². The Morgan fingerprint density at radius 2 is 2.10 bits per heavy atom. The summed E-state index contributed by atoms with van der Waals surface area (Å²) in [6.45, 7) is 1.55. The number of aliphatic hydroxyl groups is 1. The van der Waals surface area contributed by atoms with E-state index in [9.17, 15) is 5.11 Å². The first-order valence-electron chi connectivity index (χ1n) is 7.82. The number of ether oxygens (including phenoxy) is 2. The first-order valence-corrected chi connectivity index (χ1v) is 7.82. The topological polar surface area (TPSA) is 50.7 Å². The molecule has 4 heteroatoms. The molecule has 112 valence electrons. The van der Waals surface area contributed by atoms with Gasteiger partial charge >= 0.3 is 0 Å². The zero-order valence-electron chi connectivity index (χ0n) is 12.2. The second kappa shape index (κ2) is 5.04. The van der Waals surface area contributed by atoms with Crippen molar-refractivity contribution in [2.24, 2.45) is 0 Å². The van der Waals surface area contributed by atoms with Crippen LogP contribution in [0.4, 0.5) is 0 Å². The highest BCUT2D eigenvalue weighted by molar-refractivity contribution is 5.79. The maximum absolute atomic E-state index is 9.22. The van der Waals surface area contributed by atoms with Crippen LogP contribution in [0.1, 0.15) is 36.8 Å². The highest BCUT2D eigenvalue weighted by Crippen LogP contribution is 2.46. The molecule has 0 bridgehead atoms. The van der Waals surface area contributed by atoms with Crippen molar-refractivity contribution in [3.63, 3.8) is 0 Å². The van der Waals surface area contributed by atoms with Crippen molar-refractivity contribution in [2.75, 3.05) is 19.9 Å². The van der Waals surface area contributed by atoms with E-state index in [1.807, 2.05) is 0 Å². The van der Waals surface area contributed by atoms with Gasteiger partial charge in [0.15, 0.2) is 11.5 Å². The summed E-state index contributed by atoms with van der Waals surface area (Å²) in [6.07, 6.45) is 7.41. The molecule has 4 nitrogen and oxygen atoms in total. The minimum atomic E-state index is 0.0294. The summed E-state index contributed by atoms with van der Waals surface area (Å²) in [7, 11) is 0. The monoisotopic (exact) mass is 287 g/mol. The summed E-state index contributed by atoms with van der Waals surface area (Å²) in [5, 5.41) is 13.0. The summed E-state index contributed by atoms with van der Waals surface area (Å²) in [5.41, 5.74) is 4.06. The van der Waals surface area contributed by atoms with Crippen molar-refractivity contribution < 1.29 is 14.6 Å². The van der Waals surface area contributed by atoms with Crippen molar-refractivity contribution in [1.82, 2.24) is 5.32 Å². The Balaban J connectivity index is 1.78. The molecule has 0 amide bonds. The number of benzene rings is 1. The average Bonchev–Trinajstić information content (AvgIpc) is 3.08. The minimum Gasteiger partial charge on any atom is -0.454 e. The van der Waals surface area contributed by atoms with Crippen LogP contribution in [0.2, 0.25) is 0 Å². The van der Waals surface area contributed by atoms with Crippen molar-refractivity contribution >= 4 is 5.57 Å². The summed E-state index contributed by atoms with van der Waals surface area (Å²) in [5.74, 6) is 1.73. The molecule has 1 atom stereocenters. The van der Waals surface area contributed by atoms with Gasteiger partial charge in [-0.2, -0.15) is 0 Å². The Morgan fingerprint density at radius 3 is 2.95 bits per heavy atom. The lowest BCUT2D eigenvalue weighted by molar-refractivity contribution is 0.174. The maximum Gasteiger partial charge on any atom is 0.231 e. The number of hydrogen-bond donors (Lipinski definition) is 2. The van der Waals surface area contributed by atoms with E-state index in [4.69, 9.17) is 9.47 Å². The second-order valence-corrected chi connectivity index (χ2v) is 6.11.